The van der Waals surface area contributed by atoms with Crippen molar-refractivity contribution >= 4 is 23.3 Å². The van der Waals surface area contributed by atoms with Gasteiger partial charge in [0.05, 0.1) is 12.2 Å². The molecule has 4 rings (SSSR count). The van der Waals surface area contributed by atoms with Crippen molar-refractivity contribution < 1.29 is 19.0 Å². The average Bonchev–Trinajstić information content (AvgIpc) is 3.34. The van der Waals surface area contributed by atoms with E-state index in [4.69, 9.17) is 16.3 Å². The highest BCUT2D eigenvalue weighted by Crippen LogP contribution is 2.34. The topological polar surface area (TPSA) is 113 Å². The molecule has 198 valence electrons. The van der Waals surface area contributed by atoms with E-state index in [1.165, 1.54) is 6.07 Å². The Bertz CT molecular complexity index is 1430. The van der Waals surface area contributed by atoms with Gasteiger partial charge in [0, 0.05) is 23.2 Å². The normalized spacial score (nSPS) is 11.4. The van der Waals surface area contributed by atoms with Gasteiger partial charge in [-0.05, 0) is 80.6 Å². The smallest absolute Gasteiger partial charge is 0.296 e. The van der Waals surface area contributed by atoms with Crippen molar-refractivity contribution in [2.24, 2.45) is 0 Å². The highest BCUT2D eigenvalue weighted by atomic mass is 35.5. The third kappa shape index (κ3) is 7.14. The van der Waals surface area contributed by atoms with Crippen LogP contribution in [-0.2, 0) is 6.42 Å². The molecule has 0 bridgehead atoms. The number of halogens is 2. The molecule has 0 aliphatic carbocycles. The van der Waals surface area contributed by atoms with Crippen LogP contribution in [0.15, 0.2) is 54.7 Å². The highest BCUT2D eigenvalue weighted by molar-refractivity contribution is 6.33. The minimum atomic E-state index is -0.740. The molecule has 2 heterocycles. The SMILES string of the molecule is Cc1cnc(NC(=O)c2n[nH]c(Cc3ccccc3F)n2)cc1-c1cc(OCCCC(C)(C)O)ccc1Cl. The number of nitrogens with one attached hydrogen (secondary N) is 2. The molecule has 0 saturated heterocycles. The van der Waals surface area contributed by atoms with Crippen LogP contribution in [-0.4, -0.2) is 43.4 Å². The summed E-state index contributed by atoms with van der Waals surface area (Å²) in [6.07, 6.45) is 3.14. The van der Waals surface area contributed by atoms with Crippen molar-refractivity contribution in [3.8, 4) is 16.9 Å². The number of nitrogens with zero attached hydrogens (tertiary/aromatic N) is 3. The van der Waals surface area contributed by atoms with Crippen molar-refractivity contribution in [3.05, 3.63) is 88.3 Å². The number of benzene rings is 2. The summed E-state index contributed by atoms with van der Waals surface area (Å²) >= 11 is 6.51. The molecule has 0 fully saturated rings. The monoisotopic (exact) mass is 537 g/mol. The Kier molecular flexibility index (Phi) is 8.38. The van der Waals surface area contributed by atoms with E-state index >= 15 is 0 Å². The van der Waals surface area contributed by atoms with Crippen LogP contribution >= 0.6 is 11.6 Å². The molecule has 4 aromatic rings. The summed E-state index contributed by atoms with van der Waals surface area (Å²) in [7, 11) is 0. The number of H-pyrrole nitrogens is 1. The van der Waals surface area contributed by atoms with Gasteiger partial charge in [0.1, 0.15) is 23.2 Å². The molecular formula is C28H29ClFN5O3. The molecule has 0 atom stereocenters. The van der Waals surface area contributed by atoms with Gasteiger partial charge in [0.2, 0.25) is 5.82 Å². The van der Waals surface area contributed by atoms with Crippen LogP contribution in [0.2, 0.25) is 5.02 Å². The quantitative estimate of drug-likeness (QED) is 0.222. The number of aromatic amines is 1. The van der Waals surface area contributed by atoms with E-state index in [9.17, 15) is 14.3 Å². The number of pyridine rings is 1. The summed E-state index contributed by atoms with van der Waals surface area (Å²) in [5, 5.41) is 19.7. The number of hydrogen-bond donors (Lipinski definition) is 3. The third-order valence-electron chi connectivity index (χ3n) is 5.82. The van der Waals surface area contributed by atoms with Crippen LogP contribution < -0.4 is 10.1 Å². The van der Waals surface area contributed by atoms with Crippen LogP contribution in [0.4, 0.5) is 10.2 Å². The van der Waals surface area contributed by atoms with Crippen molar-refractivity contribution in [1.29, 1.82) is 0 Å². The van der Waals surface area contributed by atoms with Gasteiger partial charge in [-0.15, -0.1) is 5.10 Å². The maximum Gasteiger partial charge on any atom is 0.296 e. The van der Waals surface area contributed by atoms with E-state index in [1.807, 2.05) is 13.0 Å². The van der Waals surface area contributed by atoms with Crippen molar-refractivity contribution in [2.45, 2.75) is 45.6 Å². The molecule has 38 heavy (non-hydrogen) atoms. The fraction of sp³-hybridized carbons (Fsp3) is 0.286. The van der Waals surface area contributed by atoms with E-state index < -0.39 is 11.5 Å². The van der Waals surface area contributed by atoms with Gasteiger partial charge >= 0.3 is 0 Å². The standard InChI is InChI=1S/C28H29ClFN5O3/c1-17-16-31-24(33-27(36)26-32-25(34-35-26)13-18-7-4-5-8-23(18)30)15-20(17)21-14-19(9-10-22(21)29)38-12-6-11-28(2,3)37/h4-5,7-10,14-16,37H,6,11-13H2,1-3H3,(H,31,33,36)(H,32,34,35). The molecule has 3 N–H and O–H groups in total. The molecule has 2 aromatic carbocycles. The zero-order chi connectivity index (χ0) is 27.3. The van der Waals surface area contributed by atoms with E-state index in [-0.39, 0.29) is 18.1 Å². The molecule has 0 aliphatic heterocycles. The Morgan fingerprint density at radius 3 is 2.74 bits per heavy atom. The summed E-state index contributed by atoms with van der Waals surface area (Å²) < 4.78 is 19.8. The number of rotatable bonds is 10. The number of carbonyl (C=O) groups is 1. The van der Waals surface area contributed by atoms with Crippen LogP contribution in [0, 0.1) is 12.7 Å². The van der Waals surface area contributed by atoms with Gasteiger partial charge in [-0.25, -0.2) is 14.4 Å². The average molecular weight is 538 g/mol. The Balaban J connectivity index is 1.46. The van der Waals surface area contributed by atoms with Crippen LogP contribution in [0.1, 0.15) is 54.3 Å². The third-order valence-corrected chi connectivity index (χ3v) is 6.15. The molecule has 0 spiro atoms. The first kappa shape index (κ1) is 27.2. The zero-order valence-electron chi connectivity index (χ0n) is 21.4. The zero-order valence-corrected chi connectivity index (χ0v) is 22.1. The number of amides is 1. The van der Waals surface area contributed by atoms with Gasteiger partial charge in [0.25, 0.3) is 5.91 Å². The summed E-state index contributed by atoms with van der Waals surface area (Å²) in [6, 6.07) is 13.5. The molecular weight excluding hydrogens is 509 g/mol. The van der Waals surface area contributed by atoms with Crippen molar-refractivity contribution in [2.75, 3.05) is 11.9 Å². The lowest BCUT2D eigenvalue weighted by Crippen LogP contribution is -2.19. The molecule has 1 amide bonds. The fourth-order valence-corrected chi connectivity index (χ4v) is 4.07. The van der Waals surface area contributed by atoms with E-state index in [1.54, 1.807) is 56.4 Å². The molecule has 2 aromatic heterocycles. The predicted octanol–water partition coefficient (Wildman–Crippen LogP) is 5.74. The Morgan fingerprint density at radius 2 is 1.97 bits per heavy atom. The summed E-state index contributed by atoms with van der Waals surface area (Å²) in [5.74, 6) is 0.309. The summed E-state index contributed by atoms with van der Waals surface area (Å²) in [6.45, 7) is 5.88. The maximum absolute atomic E-state index is 13.9. The van der Waals surface area contributed by atoms with Gasteiger partial charge in [-0.1, -0.05) is 29.8 Å². The van der Waals surface area contributed by atoms with Crippen LogP contribution in [0.5, 0.6) is 5.75 Å². The Morgan fingerprint density at radius 1 is 1.18 bits per heavy atom. The van der Waals surface area contributed by atoms with Gasteiger partial charge < -0.3 is 15.2 Å². The van der Waals surface area contributed by atoms with Crippen molar-refractivity contribution in [3.63, 3.8) is 0 Å². The molecule has 0 saturated carbocycles. The van der Waals surface area contributed by atoms with Gasteiger partial charge in [0.15, 0.2) is 0 Å². The second kappa shape index (κ2) is 11.7. The summed E-state index contributed by atoms with van der Waals surface area (Å²) in [4.78, 5) is 21.3. The minimum absolute atomic E-state index is 0.0836. The Hall–Kier alpha value is -3.82. The number of anilines is 1. The largest absolute Gasteiger partial charge is 0.494 e. The van der Waals surface area contributed by atoms with E-state index in [0.717, 1.165) is 16.7 Å². The molecule has 8 nitrogen and oxygen atoms in total. The van der Waals surface area contributed by atoms with Gasteiger partial charge in [-0.2, -0.15) is 0 Å². The lowest BCUT2D eigenvalue weighted by atomic mass is 10.0. The molecule has 0 unspecified atom stereocenters. The Labute approximate surface area is 225 Å². The summed E-state index contributed by atoms with van der Waals surface area (Å²) in [5.41, 5.74) is 2.07. The first-order valence-corrected chi connectivity index (χ1v) is 12.5. The number of hydrogen-bond acceptors (Lipinski definition) is 6. The second-order valence-corrected chi connectivity index (χ2v) is 10.0. The predicted molar refractivity (Wildman–Crippen MR) is 144 cm³/mol. The van der Waals surface area contributed by atoms with Crippen LogP contribution in [0.25, 0.3) is 11.1 Å². The minimum Gasteiger partial charge on any atom is -0.494 e. The van der Waals surface area contributed by atoms with Crippen LogP contribution in [0.3, 0.4) is 0 Å². The van der Waals surface area contributed by atoms with Gasteiger partial charge in [-0.3, -0.25) is 9.89 Å². The highest BCUT2D eigenvalue weighted by Gasteiger charge is 2.17. The number of ether oxygens (including phenoxy) is 1. The number of aromatic nitrogens is 4. The lowest BCUT2D eigenvalue weighted by Gasteiger charge is -2.17. The second-order valence-electron chi connectivity index (χ2n) is 9.62. The first-order valence-electron chi connectivity index (χ1n) is 12.2. The number of aliphatic hydroxyl groups is 1. The van der Waals surface area contributed by atoms with E-state index in [0.29, 0.717) is 47.4 Å². The first-order chi connectivity index (χ1) is 18.1. The van der Waals surface area contributed by atoms with Crippen molar-refractivity contribution in [1.82, 2.24) is 20.2 Å². The number of aryl methyl sites for hydroxylation is 1. The maximum atomic E-state index is 13.9. The van der Waals surface area contributed by atoms with E-state index in [2.05, 4.69) is 25.5 Å². The fourth-order valence-electron chi connectivity index (χ4n) is 3.85. The number of carbonyl (C=O) groups excluding carboxylic acids is 1. The molecule has 10 heteroatoms. The molecule has 0 aliphatic rings. The lowest BCUT2D eigenvalue weighted by molar-refractivity contribution is 0.0641. The molecule has 0 radical (unpaired) electrons.